The van der Waals surface area contributed by atoms with Crippen LogP contribution in [0.1, 0.15) is 39.4 Å². The number of aromatic nitrogens is 4. The van der Waals surface area contributed by atoms with Crippen LogP contribution in [0, 0.1) is 0 Å². The summed E-state index contributed by atoms with van der Waals surface area (Å²) >= 11 is 0. The van der Waals surface area contributed by atoms with Crippen molar-refractivity contribution in [2.75, 3.05) is 6.61 Å². The highest BCUT2D eigenvalue weighted by Gasteiger charge is 2.42. The van der Waals surface area contributed by atoms with Crippen LogP contribution < -0.4 is 0 Å². The first-order valence-corrected chi connectivity index (χ1v) is 6.52. The third-order valence-corrected chi connectivity index (χ3v) is 3.52. The van der Waals surface area contributed by atoms with Crippen LogP contribution in [0.15, 0.2) is 18.6 Å². The Bertz CT molecular complexity index is 575. The van der Waals surface area contributed by atoms with E-state index in [2.05, 4.69) is 15.2 Å². The van der Waals surface area contributed by atoms with Crippen molar-refractivity contribution in [3.8, 4) is 0 Å². The molecule has 0 aromatic carbocycles. The maximum Gasteiger partial charge on any atom is 0.319 e. The number of nitrogens with zero attached hydrogens (tertiary/aromatic N) is 4. The van der Waals surface area contributed by atoms with Gasteiger partial charge in [-0.2, -0.15) is 0 Å². The quantitative estimate of drug-likeness (QED) is 0.768. The highest BCUT2D eigenvalue weighted by molar-refractivity contribution is 5.82. The highest BCUT2D eigenvalue weighted by atomic mass is 16.5. The van der Waals surface area contributed by atoms with Crippen LogP contribution >= 0.6 is 0 Å². The van der Waals surface area contributed by atoms with Crippen molar-refractivity contribution in [2.24, 2.45) is 0 Å². The summed E-state index contributed by atoms with van der Waals surface area (Å²) < 4.78 is 7.03. The Morgan fingerprint density at radius 1 is 1.32 bits per heavy atom. The molecule has 0 aliphatic heterocycles. The van der Waals surface area contributed by atoms with E-state index in [0.717, 1.165) is 0 Å². The Morgan fingerprint density at radius 3 is 2.68 bits per heavy atom. The second-order valence-electron chi connectivity index (χ2n) is 4.34. The van der Waals surface area contributed by atoms with E-state index in [4.69, 9.17) is 4.74 Å². The van der Waals surface area contributed by atoms with Crippen molar-refractivity contribution in [3.05, 3.63) is 24.4 Å². The maximum atomic E-state index is 12.4. The van der Waals surface area contributed by atoms with E-state index in [1.165, 1.54) is 0 Å². The molecule has 0 aliphatic carbocycles. The van der Waals surface area contributed by atoms with Crippen LogP contribution in [-0.4, -0.2) is 32.2 Å². The monoisotopic (exact) mass is 262 g/mol. The number of hydrogen-bond donors (Lipinski definition) is 0. The summed E-state index contributed by atoms with van der Waals surface area (Å²) in [7, 11) is 0. The Hall–Kier alpha value is -1.98. The fourth-order valence-electron chi connectivity index (χ4n) is 2.30. The number of fused-ring (bicyclic) bond motifs is 1. The molecule has 0 saturated carbocycles. The van der Waals surface area contributed by atoms with Gasteiger partial charge < -0.3 is 4.74 Å². The van der Waals surface area contributed by atoms with Gasteiger partial charge in [0, 0.05) is 12.4 Å². The average Bonchev–Trinajstić information content (AvgIpc) is 2.86. The fraction of sp³-hybridized carbons (Fsp3) is 0.538. The first-order valence-electron chi connectivity index (χ1n) is 6.52. The second-order valence-corrected chi connectivity index (χ2v) is 4.34. The molecule has 0 unspecified atom stereocenters. The van der Waals surface area contributed by atoms with Gasteiger partial charge in [0.1, 0.15) is 5.41 Å². The Labute approximate surface area is 111 Å². The molecule has 0 N–H and O–H groups in total. The Balaban J connectivity index is 2.58. The molecule has 19 heavy (non-hydrogen) atoms. The predicted octanol–water partition coefficient (Wildman–Crippen LogP) is 1.75. The van der Waals surface area contributed by atoms with Crippen molar-refractivity contribution in [1.29, 1.82) is 0 Å². The van der Waals surface area contributed by atoms with Gasteiger partial charge in [0.25, 0.3) is 0 Å². The first-order chi connectivity index (χ1) is 9.19. The van der Waals surface area contributed by atoms with Gasteiger partial charge in [-0.05, 0) is 19.8 Å². The lowest BCUT2D eigenvalue weighted by Crippen LogP contribution is -2.38. The molecule has 0 amide bonds. The summed E-state index contributed by atoms with van der Waals surface area (Å²) in [6, 6.07) is 0. The summed E-state index contributed by atoms with van der Waals surface area (Å²) in [5, 5.41) is 8.25. The lowest BCUT2D eigenvalue weighted by atomic mass is 9.81. The van der Waals surface area contributed by atoms with Gasteiger partial charge >= 0.3 is 5.97 Å². The van der Waals surface area contributed by atoms with Gasteiger partial charge in [0.05, 0.1) is 12.8 Å². The van der Waals surface area contributed by atoms with Gasteiger partial charge in [-0.3, -0.25) is 14.2 Å². The predicted molar refractivity (Wildman–Crippen MR) is 69.7 cm³/mol. The van der Waals surface area contributed by atoms with Crippen LogP contribution in [0.2, 0.25) is 0 Å². The number of carbonyl (C=O) groups is 1. The van der Waals surface area contributed by atoms with Crippen molar-refractivity contribution in [3.63, 3.8) is 0 Å². The zero-order valence-corrected chi connectivity index (χ0v) is 11.5. The Kier molecular flexibility index (Phi) is 3.78. The molecular weight excluding hydrogens is 244 g/mol. The van der Waals surface area contributed by atoms with E-state index in [9.17, 15) is 4.79 Å². The molecule has 2 heterocycles. The number of ether oxygens (including phenoxy) is 1. The van der Waals surface area contributed by atoms with E-state index < -0.39 is 5.41 Å². The summed E-state index contributed by atoms with van der Waals surface area (Å²) in [6.45, 7) is 6.09. The minimum absolute atomic E-state index is 0.244. The standard InChI is InChI=1S/C13H18N4O2/c1-4-13(5-2,12(18)19-6-3)11-16-15-10-9-14-7-8-17(10)11/h7-9H,4-6H2,1-3H3. The Morgan fingerprint density at radius 2 is 2.05 bits per heavy atom. The van der Waals surface area contributed by atoms with Gasteiger partial charge in [0.15, 0.2) is 11.5 Å². The molecule has 2 rings (SSSR count). The average molecular weight is 262 g/mol. The summed E-state index contributed by atoms with van der Waals surface area (Å²) in [5.74, 6) is 0.375. The summed E-state index contributed by atoms with van der Waals surface area (Å²) in [6.07, 6.45) is 6.28. The molecule has 0 aliphatic rings. The molecule has 0 spiro atoms. The summed E-state index contributed by atoms with van der Waals surface area (Å²) in [4.78, 5) is 16.4. The lowest BCUT2D eigenvalue weighted by Gasteiger charge is -2.27. The molecule has 2 aromatic rings. The molecule has 0 radical (unpaired) electrons. The minimum atomic E-state index is -0.753. The largest absolute Gasteiger partial charge is 0.465 e. The number of esters is 1. The van der Waals surface area contributed by atoms with Crippen LogP contribution in [-0.2, 0) is 14.9 Å². The van der Waals surface area contributed by atoms with E-state index in [1.807, 2.05) is 13.8 Å². The van der Waals surface area contributed by atoms with Crippen molar-refractivity contribution in [2.45, 2.75) is 39.0 Å². The zero-order valence-electron chi connectivity index (χ0n) is 11.5. The van der Waals surface area contributed by atoms with Crippen molar-refractivity contribution < 1.29 is 9.53 Å². The zero-order chi connectivity index (χ0) is 13.9. The number of carbonyl (C=O) groups excluding carboxylic acids is 1. The van der Waals surface area contributed by atoms with E-state index >= 15 is 0 Å². The van der Waals surface area contributed by atoms with Crippen LogP contribution in [0.5, 0.6) is 0 Å². The van der Waals surface area contributed by atoms with Crippen LogP contribution in [0.4, 0.5) is 0 Å². The molecule has 0 atom stereocenters. The maximum absolute atomic E-state index is 12.4. The number of rotatable bonds is 5. The highest BCUT2D eigenvalue weighted by Crippen LogP contribution is 2.32. The molecular formula is C13H18N4O2. The van der Waals surface area contributed by atoms with Crippen LogP contribution in [0.25, 0.3) is 5.65 Å². The molecule has 0 fully saturated rings. The van der Waals surface area contributed by atoms with Gasteiger partial charge in [-0.25, -0.2) is 0 Å². The molecule has 0 bridgehead atoms. The minimum Gasteiger partial charge on any atom is -0.465 e. The fourth-order valence-corrected chi connectivity index (χ4v) is 2.30. The lowest BCUT2D eigenvalue weighted by molar-refractivity contribution is -0.151. The third kappa shape index (κ3) is 2.07. The molecule has 0 saturated heterocycles. The van der Waals surface area contributed by atoms with Gasteiger partial charge in [-0.1, -0.05) is 13.8 Å². The molecule has 6 nitrogen and oxygen atoms in total. The normalized spacial score (nSPS) is 11.7. The van der Waals surface area contributed by atoms with Gasteiger partial charge in [0.2, 0.25) is 0 Å². The number of hydrogen-bond acceptors (Lipinski definition) is 5. The smallest absolute Gasteiger partial charge is 0.319 e. The molecule has 2 aromatic heterocycles. The van der Waals surface area contributed by atoms with Crippen molar-refractivity contribution >= 4 is 11.6 Å². The van der Waals surface area contributed by atoms with Crippen LogP contribution in [0.3, 0.4) is 0 Å². The molecule has 6 heteroatoms. The SMILES string of the molecule is CCOC(=O)C(CC)(CC)c1nnc2cnccn12. The van der Waals surface area contributed by atoms with E-state index in [0.29, 0.717) is 30.9 Å². The summed E-state index contributed by atoms with van der Waals surface area (Å²) in [5.41, 5.74) is -0.121. The topological polar surface area (TPSA) is 69.4 Å². The molecule has 102 valence electrons. The van der Waals surface area contributed by atoms with E-state index in [-0.39, 0.29) is 5.97 Å². The van der Waals surface area contributed by atoms with E-state index in [1.54, 1.807) is 29.9 Å². The first kappa shape index (κ1) is 13.5. The van der Waals surface area contributed by atoms with Gasteiger partial charge in [-0.15, -0.1) is 10.2 Å². The third-order valence-electron chi connectivity index (χ3n) is 3.52. The second kappa shape index (κ2) is 5.34. The van der Waals surface area contributed by atoms with Crippen molar-refractivity contribution in [1.82, 2.24) is 19.6 Å².